The molecule has 0 saturated carbocycles. The van der Waals surface area contributed by atoms with Crippen LogP contribution in [0.3, 0.4) is 0 Å². The van der Waals surface area contributed by atoms with Crippen LogP contribution >= 0.6 is 0 Å². The summed E-state index contributed by atoms with van der Waals surface area (Å²) in [4.78, 5) is 28.2. The topological polar surface area (TPSA) is 83.7 Å². The Morgan fingerprint density at radius 2 is 1.73 bits per heavy atom. The highest BCUT2D eigenvalue weighted by atomic mass is 16.5. The van der Waals surface area contributed by atoms with Gasteiger partial charge in [-0.25, -0.2) is 5.01 Å². The Morgan fingerprint density at radius 3 is 2.39 bits per heavy atom. The van der Waals surface area contributed by atoms with Gasteiger partial charge in [-0.3, -0.25) is 15.0 Å². The minimum atomic E-state index is -0.432. The van der Waals surface area contributed by atoms with E-state index in [4.69, 9.17) is 9.47 Å². The number of carbonyl (C=O) groups is 1. The van der Waals surface area contributed by atoms with Gasteiger partial charge in [0.1, 0.15) is 5.56 Å². The summed E-state index contributed by atoms with van der Waals surface area (Å²) in [5.74, 6) is 1.38. The SMILES string of the molecule is COc1ccc(-c2ccc(C(=O)NN3CCC(Cc4ccccc4)CC3)c(=O)[nH]2)cc1OC. The lowest BCUT2D eigenvalue weighted by Crippen LogP contribution is -2.47. The summed E-state index contributed by atoms with van der Waals surface area (Å²) in [7, 11) is 3.13. The van der Waals surface area contributed by atoms with Gasteiger partial charge in [-0.2, -0.15) is 0 Å². The molecule has 0 atom stereocenters. The first-order chi connectivity index (χ1) is 16.1. The summed E-state index contributed by atoms with van der Waals surface area (Å²) < 4.78 is 10.6. The van der Waals surface area contributed by atoms with Crippen molar-refractivity contribution >= 4 is 5.91 Å². The number of aromatic nitrogens is 1. The molecule has 1 aliphatic rings. The minimum Gasteiger partial charge on any atom is -0.493 e. The fourth-order valence-corrected chi connectivity index (χ4v) is 4.22. The summed E-state index contributed by atoms with van der Waals surface area (Å²) >= 11 is 0. The number of benzene rings is 2. The number of rotatable bonds is 7. The molecule has 1 amide bonds. The number of pyridine rings is 1. The number of carbonyl (C=O) groups excluding carboxylic acids is 1. The molecule has 1 aromatic heterocycles. The zero-order valence-electron chi connectivity index (χ0n) is 19.0. The maximum Gasteiger partial charge on any atom is 0.271 e. The number of ether oxygens (including phenoxy) is 2. The molecule has 1 aliphatic heterocycles. The van der Waals surface area contributed by atoms with Crippen molar-refractivity contribution in [2.75, 3.05) is 27.3 Å². The zero-order valence-corrected chi connectivity index (χ0v) is 19.0. The van der Waals surface area contributed by atoms with Crippen molar-refractivity contribution in [3.8, 4) is 22.8 Å². The molecule has 172 valence electrons. The van der Waals surface area contributed by atoms with Crippen LogP contribution in [-0.4, -0.2) is 43.2 Å². The third kappa shape index (κ3) is 5.43. The van der Waals surface area contributed by atoms with Crippen molar-refractivity contribution in [1.82, 2.24) is 15.4 Å². The van der Waals surface area contributed by atoms with Gasteiger partial charge < -0.3 is 14.5 Å². The van der Waals surface area contributed by atoms with Crippen LogP contribution in [0.15, 0.2) is 65.5 Å². The number of piperidine rings is 1. The van der Waals surface area contributed by atoms with Crippen LogP contribution in [-0.2, 0) is 6.42 Å². The average Bonchev–Trinajstić information content (AvgIpc) is 2.85. The number of hydrogen-bond donors (Lipinski definition) is 2. The van der Waals surface area contributed by atoms with E-state index in [1.165, 1.54) is 5.56 Å². The first-order valence-electron chi connectivity index (χ1n) is 11.1. The van der Waals surface area contributed by atoms with Crippen LogP contribution in [0.1, 0.15) is 28.8 Å². The number of hydrogen-bond acceptors (Lipinski definition) is 5. The molecule has 1 fully saturated rings. The van der Waals surface area contributed by atoms with E-state index in [1.807, 2.05) is 17.1 Å². The van der Waals surface area contributed by atoms with Crippen LogP contribution < -0.4 is 20.5 Å². The van der Waals surface area contributed by atoms with Gasteiger partial charge in [0.25, 0.3) is 11.5 Å². The molecular weight excluding hydrogens is 418 g/mol. The van der Waals surface area contributed by atoms with Crippen LogP contribution in [0, 0.1) is 5.92 Å². The average molecular weight is 448 g/mol. The van der Waals surface area contributed by atoms with E-state index in [9.17, 15) is 9.59 Å². The third-order valence-electron chi connectivity index (χ3n) is 6.09. The Hall–Kier alpha value is -3.58. The molecule has 0 aliphatic carbocycles. The van der Waals surface area contributed by atoms with Gasteiger partial charge in [0.15, 0.2) is 11.5 Å². The van der Waals surface area contributed by atoms with Crippen molar-refractivity contribution in [3.63, 3.8) is 0 Å². The quantitative estimate of drug-likeness (QED) is 0.578. The number of nitrogens with zero attached hydrogens (tertiary/aromatic N) is 1. The van der Waals surface area contributed by atoms with Gasteiger partial charge in [0.05, 0.1) is 14.2 Å². The lowest BCUT2D eigenvalue weighted by Gasteiger charge is -2.32. The summed E-state index contributed by atoms with van der Waals surface area (Å²) in [6.07, 6.45) is 3.06. The van der Waals surface area contributed by atoms with Gasteiger partial charge in [-0.15, -0.1) is 0 Å². The molecule has 0 unspecified atom stereocenters. The second kappa shape index (κ2) is 10.4. The smallest absolute Gasteiger partial charge is 0.271 e. The van der Waals surface area contributed by atoms with Crippen LogP contribution in [0.4, 0.5) is 0 Å². The van der Waals surface area contributed by atoms with Gasteiger partial charge >= 0.3 is 0 Å². The predicted octanol–water partition coefficient (Wildman–Crippen LogP) is 3.66. The molecular formula is C26H29N3O4. The largest absolute Gasteiger partial charge is 0.493 e. The summed E-state index contributed by atoms with van der Waals surface area (Å²) in [5, 5.41) is 1.91. The molecule has 33 heavy (non-hydrogen) atoms. The first-order valence-corrected chi connectivity index (χ1v) is 11.1. The van der Waals surface area contributed by atoms with Crippen molar-refractivity contribution in [3.05, 3.63) is 82.1 Å². The van der Waals surface area contributed by atoms with Gasteiger partial charge in [-0.1, -0.05) is 30.3 Å². The molecule has 0 bridgehead atoms. The van der Waals surface area contributed by atoms with E-state index < -0.39 is 11.5 Å². The van der Waals surface area contributed by atoms with Crippen molar-refractivity contribution in [2.45, 2.75) is 19.3 Å². The summed E-state index contributed by atoms with van der Waals surface area (Å²) in [5.41, 5.74) is 5.25. The predicted molar refractivity (Wildman–Crippen MR) is 128 cm³/mol. The molecule has 1 saturated heterocycles. The highest BCUT2D eigenvalue weighted by Gasteiger charge is 2.22. The number of H-pyrrole nitrogens is 1. The van der Waals surface area contributed by atoms with Crippen molar-refractivity contribution in [1.29, 1.82) is 0 Å². The Balaban J connectivity index is 1.37. The van der Waals surface area contributed by atoms with E-state index >= 15 is 0 Å². The molecule has 2 aromatic carbocycles. The van der Waals surface area contributed by atoms with Gasteiger partial charge in [0.2, 0.25) is 0 Å². The Morgan fingerprint density at radius 1 is 1.00 bits per heavy atom. The third-order valence-corrected chi connectivity index (χ3v) is 6.09. The summed E-state index contributed by atoms with van der Waals surface area (Å²) in [6, 6.07) is 19.1. The molecule has 7 heteroatoms. The Kier molecular flexibility index (Phi) is 7.10. The molecule has 4 rings (SSSR count). The molecule has 2 N–H and O–H groups in total. The van der Waals surface area contributed by atoms with Crippen LogP contribution in [0.2, 0.25) is 0 Å². The van der Waals surface area contributed by atoms with Crippen LogP contribution in [0.25, 0.3) is 11.3 Å². The van der Waals surface area contributed by atoms with E-state index in [-0.39, 0.29) is 5.56 Å². The van der Waals surface area contributed by atoms with Crippen molar-refractivity contribution in [2.24, 2.45) is 5.92 Å². The molecule has 7 nitrogen and oxygen atoms in total. The number of nitrogens with one attached hydrogen (secondary N) is 2. The highest BCUT2D eigenvalue weighted by molar-refractivity contribution is 5.93. The first kappa shape index (κ1) is 22.6. The van der Waals surface area contributed by atoms with E-state index in [0.717, 1.165) is 37.9 Å². The van der Waals surface area contributed by atoms with E-state index in [0.29, 0.717) is 23.1 Å². The van der Waals surface area contributed by atoms with E-state index in [1.54, 1.807) is 38.5 Å². The van der Waals surface area contributed by atoms with Gasteiger partial charge in [-0.05, 0) is 61.1 Å². The monoisotopic (exact) mass is 447 g/mol. The maximum absolute atomic E-state index is 12.7. The maximum atomic E-state index is 12.7. The lowest BCUT2D eigenvalue weighted by atomic mass is 9.91. The molecule has 2 heterocycles. The standard InChI is InChI=1S/C26H29N3O4/c1-32-23-11-8-20(17-24(23)33-2)22-10-9-21(25(30)27-22)26(31)28-29-14-12-19(13-15-29)16-18-6-4-3-5-7-18/h3-11,17,19H,12-16H2,1-2H3,(H,27,30)(H,28,31). The number of hydrazine groups is 1. The number of amides is 1. The van der Waals surface area contributed by atoms with Crippen molar-refractivity contribution < 1.29 is 14.3 Å². The number of aromatic amines is 1. The highest BCUT2D eigenvalue weighted by Crippen LogP contribution is 2.31. The number of methoxy groups -OCH3 is 2. The second-order valence-corrected chi connectivity index (χ2v) is 8.25. The fraction of sp³-hybridized carbons (Fsp3) is 0.308. The fourth-order valence-electron chi connectivity index (χ4n) is 4.22. The minimum absolute atomic E-state index is 0.0886. The van der Waals surface area contributed by atoms with Gasteiger partial charge in [0, 0.05) is 24.3 Å². The lowest BCUT2D eigenvalue weighted by molar-refractivity contribution is 0.0700. The second-order valence-electron chi connectivity index (χ2n) is 8.25. The normalized spacial score (nSPS) is 14.6. The molecule has 3 aromatic rings. The Labute approximate surface area is 193 Å². The molecule has 0 radical (unpaired) electrons. The van der Waals surface area contributed by atoms with E-state index in [2.05, 4.69) is 34.7 Å². The summed E-state index contributed by atoms with van der Waals surface area (Å²) in [6.45, 7) is 1.54. The zero-order chi connectivity index (χ0) is 23.2. The molecule has 0 spiro atoms. The van der Waals surface area contributed by atoms with Crippen LogP contribution in [0.5, 0.6) is 11.5 Å². The Bertz CT molecular complexity index is 1150.